The van der Waals surface area contributed by atoms with Gasteiger partial charge in [0.05, 0.1) is 5.69 Å². The lowest BCUT2D eigenvalue weighted by Crippen LogP contribution is -2.23. The SMILES string of the molecule is Cc1nn(C)c(C)c1CCC(=O)NCc1ccc(NC(=O)C(C)C)cc1. The van der Waals surface area contributed by atoms with Crippen molar-refractivity contribution in [2.24, 2.45) is 13.0 Å². The van der Waals surface area contributed by atoms with Gasteiger partial charge in [0.1, 0.15) is 0 Å². The van der Waals surface area contributed by atoms with Crippen LogP contribution in [0.25, 0.3) is 0 Å². The van der Waals surface area contributed by atoms with E-state index in [1.807, 2.05) is 63.7 Å². The summed E-state index contributed by atoms with van der Waals surface area (Å²) < 4.78 is 1.85. The fourth-order valence-corrected chi connectivity index (χ4v) is 2.70. The van der Waals surface area contributed by atoms with Crippen LogP contribution in [0.2, 0.25) is 0 Å². The molecule has 0 unspecified atom stereocenters. The molecule has 0 aliphatic heterocycles. The molecule has 1 heterocycles. The molecule has 2 aromatic rings. The number of rotatable bonds is 7. The first kappa shape index (κ1) is 19.7. The predicted octanol–water partition coefficient (Wildman–Crippen LogP) is 2.88. The van der Waals surface area contributed by atoms with E-state index in [1.54, 1.807) is 0 Å². The van der Waals surface area contributed by atoms with Crippen LogP contribution in [0.4, 0.5) is 5.69 Å². The molecular formula is C20H28N4O2. The van der Waals surface area contributed by atoms with Crippen LogP contribution in [0.1, 0.15) is 42.8 Å². The lowest BCUT2D eigenvalue weighted by molar-refractivity contribution is -0.121. The zero-order chi connectivity index (χ0) is 19.3. The van der Waals surface area contributed by atoms with Crippen molar-refractivity contribution in [3.63, 3.8) is 0 Å². The van der Waals surface area contributed by atoms with E-state index in [1.165, 1.54) is 0 Å². The number of nitrogens with zero attached hydrogens (tertiary/aromatic N) is 2. The number of benzene rings is 1. The van der Waals surface area contributed by atoms with Crippen LogP contribution in [-0.4, -0.2) is 21.6 Å². The van der Waals surface area contributed by atoms with Crippen LogP contribution < -0.4 is 10.6 Å². The van der Waals surface area contributed by atoms with Crippen LogP contribution in [0.5, 0.6) is 0 Å². The van der Waals surface area contributed by atoms with Crippen molar-refractivity contribution >= 4 is 17.5 Å². The molecular weight excluding hydrogens is 328 g/mol. The van der Waals surface area contributed by atoms with Gasteiger partial charge in [0.2, 0.25) is 11.8 Å². The Bertz CT molecular complexity index is 776. The zero-order valence-electron chi connectivity index (χ0n) is 16.2. The number of amides is 2. The normalized spacial score (nSPS) is 10.8. The monoisotopic (exact) mass is 356 g/mol. The molecule has 0 atom stereocenters. The second-order valence-electron chi connectivity index (χ2n) is 6.89. The predicted molar refractivity (Wildman–Crippen MR) is 103 cm³/mol. The van der Waals surface area contributed by atoms with Gasteiger partial charge in [-0.3, -0.25) is 14.3 Å². The topological polar surface area (TPSA) is 76.0 Å². The van der Waals surface area contributed by atoms with Gasteiger partial charge in [-0.05, 0) is 43.5 Å². The van der Waals surface area contributed by atoms with Gasteiger partial charge in [-0.25, -0.2) is 0 Å². The smallest absolute Gasteiger partial charge is 0.226 e. The largest absolute Gasteiger partial charge is 0.352 e. The first-order valence-electron chi connectivity index (χ1n) is 8.93. The second-order valence-corrected chi connectivity index (χ2v) is 6.89. The van der Waals surface area contributed by atoms with E-state index in [0.29, 0.717) is 19.4 Å². The van der Waals surface area contributed by atoms with E-state index in [2.05, 4.69) is 15.7 Å². The number of aryl methyl sites for hydroxylation is 2. The van der Waals surface area contributed by atoms with Gasteiger partial charge in [-0.15, -0.1) is 0 Å². The summed E-state index contributed by atoms with van der Waals surface area (Å²) in [4.78, 5) is 23.8. The third-order valence-corrected chi connectivity index (χ3v) is 4.50. The number of hydrogen-bond donors (Lipinski definition) is 2. The van der Waals surface area contributed by atoms with Crippen molar-refractivity contribution in [2.75, 3.05) is 5.32 Å². The van der Waals surface area contributed by atoms with Gasteiger partial charge in [0.15, 0.2) is 0 Å². The highest BCUT2D eigenvalue weighted by molar-refractivity contribution is 5.92. The Kier molecular flexibility index (Phi) is 6.55. The maximum absolute atomic E-state index is 12.1. The Morgan fingerprint density at radius 2 is 1.81 bits per heavy atom. The second kappa shape index (κ2) is 8.65. The molecule has 0 aliphatic carbocycles. The van der Waals surface area contributed by atoms with Crippen molar-refractivity contribution in [1.82, 2.24) is 15.1 Å². The molecule has 140 valence electrons. The van der Waals surface area contributed by atoms with Gasteiger partial charge < -0.3 is 10.6 Å². The maximum atomic E-state index is 12.1. The van der Waals surface area contributed by atoms with Crippen LogP contribution in [0.3, 0.4) is 0 Å². The maximum Gasteiger partial charge on any atom is 0.226 e. The summed E-state index contributed by atoms with van der Waals surface area (Å²) in [6.45, 7) is 8.18. The van der Waals surface area contributed by atoms with Crippen molar-refractivity contribution in [3.8, 4) is 0 Å². The van der Waals surface area contributed by atoms with Crippen LogP contribution in [0.15, 0.2) is 24.3 Å². The number of aromatic nitrogens is 2. The fourth-order valence-electron chi connectivity index (χ4n) is 2.70. The third-order valence-electron chi connectivity index (χ3n) is 4.50. The molecule has 26 heavy (non-hydrogen) atoms. The van der Waals surface area contributed by atoms with Gasteiger partial charge in [-0.1, -0.05) is 26.0 Å². The van der Waals surface area contributed by atoms with Gasteiger partial charge >= 0.3 is 0 Å². The van der Waals surface area contributed by atoms with E-state index < -0.39 is 0 Å². The summed E-state index contributed by atoms with van der Waals surface area (Å²) in [6.07, 6.45) is 1.13. The van der Waals surface area contributed by atoms with Crippen LogP contribution >= 0.6 is 0 Å². The highest BCUT2D eigenvalue weighted by Gasteiger charge is 2.11. The fraction of sp³-hybridized carbons (Fsp3) is 0.450. The quantitative estimate of drug-likeness (QED) is 0.801. The van der Waals surface area contributed by atoms with Crippen molar-refractivity contribution in [2.45, 2.75) is 47.1 Å². The highest BCUT2D eigenvalue weighted by Crippen LogP contribution is 2.14. The zero-order valence-corrected chi connectivity index (χ0v) is 16.2. The minimum absolute atomic E-state index is 0.00737. The van der Waals surface area contributed by atoms with Crippen molar-refractivity contribution in [1.29, 1.82) is 0 Å². The molecule has 0 fully saturated rings. The van der Waals surface area contributed by atoms with Crippen LogP contribution in [0, 0.1) is 19.8 Å². The summed E-state index contributed by atoms with van der Waals surface area (Å²) in [5.74, 6) is -0.0436. The molecule has 2 amide bonds. The van der Waals surface area contributed by atoms with Gasteiger partial charge in [0.25, 0.3) is 0 Å². The molecule has 0 aliphatic rings. The molecule has 6 heteroatoms. The summed E-state index contributed by atoms with van der Waals surface area (Å²) in [6, 6.07) is 7.52. The van der Waals surface area contributed by atoms with Crippen molar-refractivity contribution in [3.05, 3.63) is 46.8 Å². The third kappa shape index (κ3) is 5.18. The molecule has 1 aromatic heterocycles. The number of hydrogen-bond acceptors (Lipinski definition) is 3. The Morgan fingerprint density at radius 1 is 1.15 bits per heavy atom. The van der Waals surface area contributed by atoms with E-state index in [4.69, 9.17) is 0 Å². The van der Waals surface area contributed by atoms with Crippen LogP contribution in [-0.2, 0) is 29.6 Å². The van der Waals surface area contributed by atoms with E-state index in [0.717, 1.165) is 28.2 Å². The van der Waals surface area contributed by atoms with E-state index in [9.17, 15) is 9.59 Å². The first-order valence-corrected chi connectivity index (χ1v) is 8.93. The number of carbonyl (C=O) groups is 2. The molecule has 0 saturated heterocycles. The molecule has 6 nitrogen and oxygen atoms in total. The average molecular weight is 356 g/mol. The first-order chi connectivity index (χ1) is 12.3. The minimum atomic E-state index is -0.0546. The van der Waals surface area contributed by atoms with Gasteiger partial charge in [0, 0.05) is 37.3 Å². The Hall–Kier alpha value is -2.63. The molecule has 2 N–H and O–H groups in total. The Morgan fingerprint density at radius 3 is 2.35 bits per heavy atom. The summed E-state index contributed by atoms with van der Waals surface area (Å²) in [7, 11) is 1.92. The number of carbonyl (C=O) groups excluding carboxylic acids is 2. The molecule has 1 aromatic carbocycles. The lowest BCUT2D eigenvalue weighted by Gasteiger charge is -2.09. The molecule has 0 spiro atoms. The number of anilines is 1. The highest BCUT2D eigenvalue weighted by atomic mass is 16.2. The number of nitrogens with one attached hydrogen (secondary N) is 2. The molecule has 0 saturated carbocycles. The summed E-state index contributed by atoms with van der Waals surface area (Å²) in [5.41, 5.74) is 5.00. The standard InChI is InChI=1S/C20H28N4O2/c1-13(2)20(26)22-17-8-6-16(7-9-17)12-21-19(25)11-10-18-14(3)23-24(5)15(18)4/h6-9,13H,10-12H2,1-5H3,(H,21,25)(H,22,26). The Balaban J connectivity index is 1.81. The molecule has 0 radical (unpaired) electrons. The molecule has 2 rings (SSSR count). The molecule has 0 bridgehead atoms. The van der Waals surface area contributed by atoms with Gasteiger partial charge in [-0.2, -0.15) is 5.10 Å². The van der Waals surface area contributed by atoms with E-state index in [-0.39, 0.29) is 17.7 Å². The van der Waals surface area contributed by atoms with E-state index >= 15 is 0 Å². The minimum Gasteiger partial charge on any atom is -0.352 e. The van der Waals surface area contributed by atoms with Crippen molar-refractivity contribution < 1.29 is 9.59 Å². The summed E-state index contributed by atoms with van der Waals surface area (Å²) in [5, 5.41) is 10.2. The Labute approximate surface area is 155 Å². The summed E-state index contributed by atoms with van der Waals surface area (Å²) >= 11 is 0. The average Bonchev–Trinajstić information content (AvgIpc) is 2.84. The lowest BCUT2D eigenvalue weighted by atomic mass is 10.1.